The van der Waals surface area contributed by atoms with E-state index in [1.54, 1.807) is 7.11 Å². The molecule has 0 saturated carbocycles. The molecule has 0 saturated heterocycles. The van der Waals surface area contributed by atoms with Crippen LogP contribution in [-0.2, 0) is 4.79 Å². The molecule has 0 atom stereocenters. The van der Waals surface area contributed by atoms with E-state index < -0.39 is 5.97 Å². The molecule has 0 aliphatic rings. The van der Waals surface area contributed by atoms with Crippen molar-refractivity contribution in [3.63, 3.8) is 0 Å². The van der Waals surface area contributed by atoms with Crippen LogP contribution in [0.25, 0.3) is 6.08 Å². The number of hydrogen-bond acceptors (Lipinski definition) is 2. The van der Waals surface area contributed by atoms with Crippen molar-refractivity contribution in [3.05, 3.63) is 35.9 Å². The molecule has 0 aromatic heterocycles. The lowest BCUT2D eigenvalue weighted by Gasteiger charge is -2.02. The van der Waals surface area contributed by atoms with Gasteiger partial charge in [-0.3, -0.25) is 4.79 Å². The molecule has 1 aromatic carbocycles. The summed E-state index contributed by atoms with van der Waals surface area (Å²) < 4.78 is 5.16. The van der Waals surface area contributed by atoms with Crippen molar-refractivity contribution < 1.29 is 14.6 Å². The fourth-order valence-corrected chi connectivity index (χ4v) is 1.22. The van der Waals surface area contributed by atoms with E-state index in [0.29, 0.717) is 6.42 Å². The zero-order valence-corrected chi connectivity index (χ0v) is 8.64. The first kappa shape index (κ1) is 11.3. The van der Waals surface area contributed by atoms with Gasteiger partial charge in [-0.15, -0.1) is 0 Å². The van der Waals surface area contributed by atoms with Crippen LogP contribution in [0, 0.1) is 0 Å². The predicted octanol–water partition coefficient (Wildman–Crippen LogP) is 2.57. The van der Waals surface area contributed by atoms with E-state index in [1.165, 1.54) is 0 Å². The Bertz CT molecular complexity index is 356. The Kier molecular flexibility index (Phi) is 4.41. The zero-order valence-electron chi connectivity index (χ0n) is 8.64. The molecular weight excluding hydrogens is 192 g/mol. The molecule has 3 nitrogen and oxygen atoms in total. The van der Waals surface area contributed by atoms with Gasteiger partial charge < -0.3 is 9.84 Å². The van der Waals surface area contributed by atoms with E-state index in [0.717, 1.165) is 11.3 Å². The van der Waals surface area contributed by atoms with E-state index in [9.17, 15) is 4.79 Å². The Labute approximate surface area is 89.0 Å². The number of allylic oxidation sites excluding steroid dienone is 1. The van der Waals surface area contributed by atoms with Crippen LogP contribution in [0.4, 0.5) is 0 Å². The number of carboxylic acid groups (broad SMARTS) is 1. The summed E-state index contributed by atoms with van der Waals surface area (Å²) in [6.45, 7) is 0. The van der Waals surface area contributed by atoms with E-state index >= 15 is 0 Å². The Morgan fingerprint density at radius 3 is 2.87 bits per heavy atom. The first-order chi connectivity index (χ1) is 7.24. The first-order valence-electron chi connectivity index (χ1n) is 4.75. The number of rotatable bonds is 5. The molecule has 0 heterocycles. The minimum Gasteiger partial charge on any atom is -0.496 e. The predicted molar refractivity (Wildman–Crippen MR) is 58.9 cm³/mol. The van der Waals surface area contributed by atoms with Crippen LogP contribution in [0.1, 0.15) is 18.4 Å². The molecule has 0 amide bonds. The van der Waals surface area contributed by atoms with E-state index in [-0.39, 0.29) is 6.42 Å². The highest BCUT2D eigenvalue weighted by atomic mass is 16.5. The third kappa shape index (κ3) is 3.85. The zero-order chi connectivity index (χ0) is 11.1. The van der Waals surface area contributed by atoms with Crippen LogP contribution in [0.15, 0.2) is 30.3 Å². The molecule has 0 aliphatic carbocycles. The standard InChI is InChI=1S/C12H14O3/c1-15-11-8-4-2-6-10(11)7-3-5-9-12(13)14/h2-4,6-8H,5,9H2,1H3,(H,13,14)/b7-3+. The van der Waals surface area contributed by atoms with Crippen LogP contribution >= 0.6 is 0 Å². The fraction of sp³-hybridized carbons (Fsp3) is 0.250. The summed E-state index contributed by atoms with van der Waals surface area (Å²) >= 11 is 0. The molecule has 0 spiro atoms. The Morgan fingerprint density at radius 2 is 2.20 bits per heavy atom. The number of benzene rings is 1. The van der Waals surface area contributed by atoms with Crippen LogP contribution in [-0.4, -0.2) is 18.2 Å². The normalized spacial score (nSPS) is 10.5. The van der Waals surface area contributed by atoms with E-state index in [1.807, 2.05) is 36.4 Å². The molecule has 1 N–H and O–H groups in total. The summed E-state index contributed by atoms with van der Waals surface area (Å²) in [5.74, 6) is 0.0174. The van der Waals surface area contributed by atoms with Crippen molar-refractivity contribution >= 4 is 12.0 Å². The smallest absolute Gasteiger partial charge is 0.303 e. The highest BCUT2D eigenvalue weighted by Gasteiger charge is 1.96. The summed E-state index contributed by atoms with van der Waals surface area (Å²) in [6.07, 6.45) is 4.41. The number of aliphatic carboxylic acids is 1. The van der Waals surface area contributed by atoms with Gasteiger partial charge >= 0.3 is 5.97 Å². The fourth-order valence-electron chi connectivity index (χ4n) is 1.22. The quantitative estimate of drug-likeness (QED) is 0.805. The lowest BCUT2D eigenvalue weighted by Crippen LogP contribution is -1.91. The molecule has 0 radical (unpaired) electrons. The first-order valence-corrected chi connectivity index (χ1v) is 4.75. The van der Waals surface area contributed by atoms with Crippen LogP contribution in [0.5, 0.6) is 5.75 Å². The van der Waals surface area contributed by atoms with Crippen molar-refractivity contribution in [2.75, 3.05) is 7.11 Å². The summed E-state index contributed by atoms with van der Waals surface area (Å²) in [4.78, 5) is 10.3. The number of carboxylic acids is 1. The maximum Gasteiger partial charge on any atom is 0.303 e. The molecule has 15 heavy (non-hydrogen) atoms. The number of ether oxygens (including phenoxy) is 1. The average molecular weight is 206 g/mol. The van der Waals surface area contributed by atoms with E-state index in [2.05, 4.69) is 0 Å². The summed E-state index contributed by atoms with van der Waals surface area (Å²) in [5.41, 5.74) is 0.963. The van der Waals surface area contributed by atoms with Crippen molar-refractivity contribution in [2.24, 2.45) is 0 Å². The van der Waals surface area contributed by atoms with Crippen molar-refractivity contribution in [3.8, 4) is 5.75 Å². The second-order valence-electron chi connectivity index (χ2n) is 3.08. The summed E-state index contributed by atoms with van der Waals surface area (Å²) in [6, 6.07) is 7.61. The minimum absolute atomic E-state index is 0.158. The topological polar surface area (TPSA) is 46.5 Å². The highest BCUT2D eigenvalue weighted by Crippen LogP contribution is 2.18. The molecule has 0 bridgehead atoms. The molecule has 0 unspecified atom stereocenters. The van der Waals surface area contributed by atoms with Gasteiger partial charge in [0.15, 0.2) is 0 Å². The van der Waals surface area contributed by atoms with Gasteiger partial charge in [0.05, 0.1) is 7.11 Å². The molecule has 3 heteroatoms. The SMILES string of the molecule is COc1ccccc1/C=C/CCC(=O)O. The maximum atomic E-state index is 10.3. The van der Waals surface area contributed by atoms with Gasteiger partial charge in [0.2, 0.25) is 0 Å². The number of para-hydroxylation sites is 1. The van der Waals surface area contributed by atoms with Gasteiger partial charge in [0.25, 0.3) is 0 Å². The van der Waals surface area contributed by atoms with Gasteiger partial charge in [-0.1, -0.05) is 30.4 Å². The molecule has 0 aliphatic heterocycles. The van der Waals surface area contributed by atoms with Gasteiger partial charge in [-0.2, -0.15) is 0 Å². The van der Waals surface area contributed by atoms with E-state index in [4.69, 9.17) is 9.84 Å². The minimum atomic E-state index is -0.778. The summed E-state index contributed by atoms with van der Waals surface area (Å²) in [5, 5.41) is 8.45. The Balaban J connectivity index is 2.59. The monoisotopic (exact) mass is 206 g/mol. The number of carbonyl (C=O) groups is 1. The van der Waals surface area contributed by atoms with Gasteiger partial charge in [0, 0.05) is 12.0 Å². The second-order valence-corrected chi connectivity index (χ2v) is 3.08. The third-order valence-electron chi connectivity index (χ3n) is 1.96. The molecule has 1 aromatic rings. The van der Waals surface area contributed by atoms with Crippen molar-refractivity contribution in [1.82, 2.24) is 0 Å². The molecule has 1 rings (SSSR count). The van der Waals surface area contributed by atoms with Crippen LogP contribution in [0.3, 0.4) is 0 Å². The van der Waals surface area contributed by atoms with Crippen LogP contribution < -0.4 is 4.74 Å². The largest absolute Gasteiger partial charge is 0.496 e. The van der Waals surface area contributed by atoms with Crippen molar-refractivity contribution in [1.29, 1.82) is 0 Å². The summed E-state index contributed by atoms with van der Waals surface area (Å²) in [7, 11) is 1.62. The average Bonchev–Trinajstić information content (AvgIpc) is 2.24. The second kappa shape index (κ2) is 5.86. The maximum absolute atomic E-state index is 10.3. The lowest BCUT2D eigenvalue weighted by atomic mass is 10.1. The van der Waals surface area contributed by atoms with Gasteiger partial charge in [-0.25, -0.2) is 0 Å². The van der Waals surface area contributed by atoms with Crippen molar-refractivity contribution in [2.45, 2.75) is 12.8 Å². The lowest BCUT2D eigenvalue weighted by molar-refractivity contribution is -0.136. The highest BCUT2D eigenvalue weighted by molar-refractivity contribution is 5.67. The Hall–Kier alpha value is -1.77. The molecule has 80 valence electrons. The molecule has 0 fully saturated rings. The number of hydrogen-bond donors (Lipinski definition) is 1. The van der Waals surface area contributed by atoms with Gasteiger partial charge in [0.1, 0.15) is 5.75 Å². The molecular formula is C12H14O3. The number of methoxy groups -OCH3 is 1. The van der Waals surface area contributed by atoms with Gasteiger partial charge in [-0.05, 0) is 12.5 Å². The van der Waals surface area contributed by atoms with Crippen LogP contribution in [0.2, 0.25) is 0 Å². The Morgan fingerprint density at radius 1 is 1.47 bits per heavy atom. The third-order valence-corrected chi connectivity index (χ3v) is 1.96.